The molecule has 1 fully saturated rings. The Morgan fingerprint density at radius 1 is 1.21 bits per heavy atom. The van der Waals surface area contributed by atoms with Gasteiger partial charge < -0.3 is 23.7 Å². The molecule has 2 rings (SSSR count). The largest absolute Gasteiger partial charge is 0.497 e. The zero-order valence-electron chi connectivity index (χ0n) is 19.4. The number of hydrogen-bond donors (Lipinski definition) is 1. The lowest BCUT2D eigenvalue weighted by Crippen LogP contribution is -2.50. The molecule has 1 aromatic carbocycles. The predicted molar refractivity (Wildman–Crippen MR) is 119 cm³/mol. The normalized spacial score (nSPS) is 25.5. The quantitative estimate of drug-likeness (QED) is 0.585. The van der Waals surface area contributed by atoms with Gasteiger partial charge in [-0.1, -0.05) is 46.8 Å². The molecule has 29 heavy (non-hydrogen) atoms. The molecule has 5 atom stereocenters. The van der Waals surface area contributed by atoms with Crippen molar-refractivity contribution < 1.29 is 23.7 Å². The molecule has 166 valence electrons. The monoisotopic (exact) mass is 424 g/mol. The van der Waals surface area contributed by atoms with Crippen LogP contribution in [0.4, 0.5) is 0 Å². The van der Waals surface area contributed by atoms with Gasteiger partial charge in [0.05, 0.1) is 25.9 Å². The van der Waals surface area contributed by atoms with Crippen molar-refractivity contribution in [3.63, 3.8) is 0 Å². The number of methoxy groups -OCH3 is 1. The van der Waals surface area contributed by atoms with Gasteiger partial charge in [0.15, 0.2) is 14.6 Å². The molecule has 0 amide bonds. The smallest absolute Gasteiger partial charge is 0.192 e. The highest BCUT2D eigenvalue weighted by molar-refractivity contribution is 6.74. The molecule has 0 aromatic heterocycles. The van der Waals surface area contributed by atoms with E-state index in [0.717, 1.165) is 11.3 Å². The first-order chi connectivity index (χ1) is 13.5. The Bertz CT molecular complexity index is 625. The molecule has 1 heterocycles. The van der Waals surface area contributed by atoms with Crippen LogP contribution < -0.4 is 4.74 Å². The van der Waals surface area contributed by atoms with Crippen LogP contribution in [0.15, 0.2) is 24.3 Å². The van der Waals surface area contributed by atoms with E-state index in [4.69, 9.17) is 18.6 Å². The summed E-state index contributed by atoms with van der Waals surface area (Å²) in [6.45, 7) is 16.4. The van der Waals surface area contributed by atoms with Crippen molar-refractivity contribution in [1.82, 2.24) is 0 Å². The highest BCUT2D eigenvalue weighted by atomic mass is 28.4. The third kappa shape index (κ3) is 6.04. The molecule has 1 aromatic rings. The van der Waals surface area contributed by atoms with Crippen molar-refractivity contribution in [2.75, 3.05) is 20.3 Å². The molecule has 0 radical (unpaired) electrons. The minimum absolute atomic E-state index is 0.00262. The van der Waals surface area contributed by atoms with Crippen molar-refractivity contribution in [3.05, 3.63) is 29.8 Å². The second-order valence-corrected chi connectivity index (χ2v) is 14.6. The number of rotatable bonds is 8. The predicted octanol–water partition coefficient (Wildman–Crippen LogP) is 5.15. The second kappa shape index (κ2) is 9.92. The molecule has 0 aliphatic carbocycles. The molecule has 5 nitrogen and oxygen atoms in total. The number of benzene rings is 1. The lowest BCUT2D eigenvalue weighted by molar-refractivity contribution is -0.255. The van der Waals surface area contributed by atoms with E-state index in [1.807, 2.05) is 24.3 Å². The van der Waals surface area contributed by atoms with Gasteiger partial charge in [-0.15, -0.1) is 0 Å². The number of aliphatic hydroxyl groups is 1. The Kier molecular flexibility index (Phi) is 8.33. The highest BCUT2D eigenvalue weighted by Crippen LogP contribution is 2.41. The maximum Gasteiger partial charge on any atom is 0.192 e. The van der Waals surface area contributed by atoms with Crippen molar-refractivity contribution >= 4 is 8.32 Å². The Morgan fingerprint density at radius 2 is 1.83 bits per heavy atom. The van der Waals surface area contributed by atoms with E-state index in [-0.39, 0.29) is 35.7 Å². The van der Waals surface area contributed by atoms with Gasteiger partial charge in [-0.25, -0.2) is 0 Å². The van der Waals surface area contributed by atoms with Crippen molar-refractivity contribution in [2.24, 2.45) is 11.8 Å². The van der Waals surface area contributed by atoms with Crippen molar-refractivity contribution in [3.8, 4) is 5.75 Å². The fourth-order valence-electron chi connectivity index (χ4n) is 3.55. The number of hydrogen-bond acceptors (Lipinski definition) is 5. The molecule has 1 N–H and O–H groups in total. The van der Waals surface area contributed by atoms with Crippen LogP contribution >= 0.6 is 0 Å². The lowest BCUT2D eigenvalue weighted by Gasteiger charge is -2.45. The van der Waals surface area contributed by atoms with Gasteiger partial charge in [-0.05, 0) is 36.7 Å². The van der Waals surface area contributed by atoms with Crippen LogP contribution in [0.2, 0.25) is 18.1 Å². The van der Waals surface area contributed by atoms with E-state index in [0.29, 0.717) is 13.0 Å². The lowest BCUT2D eigenvalue weighted by atomic mass is 9.87. The summed E-state index contributed by atoms with van der Waals surface area (Å²) in [7, 11) is -0.298. The van der Waals surface area contributed by atoms with Gasteiger partial charge in [0.2, 0.25) is 0 Å². The van der Waals surface area contributed by atoms with E-state index in [1.165, 1.54) is 0 Å². The van der Waals surface area contributed by atoms with Crippen LogP contribution in [0.5, 0.6) is 5.75 Å². The van der Waals surface area contributed by atoms with Crippen LogP contribution in [0.3, 0.4) is 0 Å². The average molecular weight is 425 g/mol. The van der Waals surface area contributed by atoms with Gasteiger partial charge in [0.1, 0.15) is 5.75 Å². The Hall–Kier alpha value is -0.923. The summed E-state index contributed by atoms with van der Waals surface area (Å²) in [5.74, 6) is 1.22. The first kappa shape index (κ1) is 24.3. The Balaban J connectivity index is 2.16. The molecule has 1 aliphatic heterocycles. The average Bonchev–Trinajstić information content (AvgIpc) is 2.66. The molecule has 1 aliphatic rings. The summed E-state index contributed by atoms with van der Waals surface area (Å²) >= 11 is 0. The van der Waals surface area contributed by atoms with Crippen molar-refractivity contribution in [1.29, 1.82) is 0 Å². The zero-order chi connectivity index (χ0) is 21.8. The summed E-state index contributed by atoms with van der Waals surface area (Å²) < 4.78 is 24.4. The molecule has 0 spiro atoms. The fourth-order valence-corrected chi connectivity index (χ4v) is 4.99. The first-order valence-corrected chi connectivity index (χ1v) is 13.6. The van der Waals surface area contributed by atoms with E-state index >= 15 is 0 Å². The number of aliphatic hydroxyl groups excluding tert-OH is 1. The third-order valence-electron chi connectivity index (χ3n) is 6.51. The van der Waals surface area contributed by atoms with E-state index in [1.54, 1.807) is 7.11 Å². The van der Waals surface area contributed by atoms with Gasteiger partial charge in [0, 0.05) is 24.0 Å². The number of ether oxygens (including phenoxy) is 3. The molecule has 1 saturated heterocycles. The summed E-state index contributed by atoms with van der Waals surface area (Å²) in [6.07, 6.45) is 0.182. The second-order valence-electron chi connectivity index (χ2n) is 9.80. The maximum absolute atomic E-state index is 9.69. The molecule has 0 bridgehead atoms. The molecular weight excluding hydrogens is 384 g/mol. The standard InChI is InChI=1S/C23H40O5Si/c1-16-15-26-22(18-9-11-19(25-6)12-10-18)27-21(16)17(2)20(13-14-24)28-29(7,8)23(3,4)5/h9-12,16-17,20-22,24H,13-15H2,1-8H3/t16-,17-,20-,21+,22+/m0/s1. The van der Waals surface area contributed by atoms with Crippen molar-refractivity contribution in [2.45, 2.75) is 77.7 Å². The summed E-state index contributed by atoms with van der Waals surface area (Å²) in [4.78, 5) is 0. The van der Waals surface area contributed by atoms with Crippen LogP contribution in [0.25, 0.3) is 0 Å². The SMILES string of the molecule is COc1ccc([C@@H]2OC[C@H](C)[C@H]([C@@H](C)[C@H](CCO)O[Si](C)(C)C(C)(C)C)O2)cc1. The van der Waals surface area contributed by atoms with E-state index < -0.39 is 14.6 Å². The minimum Gasteiger partial charge on any atom is -0.497 e. The van der Waals surface area contributed by atoms with Crippen LogP contribution in [0, 0.1) is 11.8 Å². The Morgan fingerprint density at radius 3 is 2.34 bits per heavy atom. The van der Waals surface area contributed by atoms with E-state index in [9.17, 15) is 5.11 Å². The van der Waals surface area contributed by atoms with Gasteiger partial charge in [-0.3, -0.25) is 0 Å². The fraction of sp³-hybridized carbons (Fsp3) is 0.739. The van der Waals surface area contributed by atoms with Crippen LogP contribution in [-0.4, -0.2) is 46.0 Å². The van der Waals surface area contributed by atoms with Crippen LogP contribution in [0.1, 0.15) is 52.9 Å². The minimum atomic E-state index is -1.96. The molecule has 0 saturated carbocycles. The summed E-state index contributed by atoms with van der Waals surface area (Å²) in [5, 5.41) is 9.81. The molecule has 0 unspecified atom stereocenters. The maximum atomic E-state index is 9.69. The Labute approximate surface area is 177 Å². The molecule has 6 heteroatoms. The van der Waals surface area contributed by atoms with Gasteiger partial charge >= 0.3 is 0 Å². The summed E-state index contributed by atoms with van der Waals surface area (Å²) in [5.41, 5.74) is 0.985. The highest BCUT2D eigenvalue weighted by Gasteiger charge is 2.43. The van der Waals surface area contributed by atoms with Gasteiger partial charge in [-0.2, -0.15) is 0 Å². The first-order valence-electron chi connectivity index (χ1n) is 10.7. The summed E-state index contributed by atoms with van der Waals surface area (Å²) in [6, 6.07) is 7.82. The zero-order valence-corrected chi connectivity index (χ0v) is 20.4. The topological polar surface area (TPSA) is 57.2 Å². The molecular formula is C23H40O5Si. The third-order valence-corrected chi connectivity index (χ3v) is 11.0. The van der Waals surface area contributed by atoms with Gasteiger partial charge in [0.25, 0.3) is 0 Å². The van der Waals surface area contributed by atoms with E-state index in [2.05, 4.69) is 47.7 Å². The van der Waals surface area contributed by atoms with Crippen LogP contribution in [-0.2, 0) is 13.9 Å².